The smallest absolute Gasteiger partial charge is 0.224 e. The van der Waals surface area contributed by atoms with Gasteiger partial charge in [0.1, 0.15) is 0 Å². The molecule has 5 nitrogen and oxygen atoms in total. The van der Waals surface area contributed by atoms with Crippen LogP contribution in [0.4, 0.5) is 0 Å². The third-order valence-electron chi connectivity index (χ3n) is 3.04. The molecule has 0 radical (unpaired) electrons. The lowest BCUT2D eigenvalue weighted by Gasteiger charge is -2.19. The van der Waals surface area contributed by atoms with Crippen LogP contribution in [0.1, 0.15) is 26.3 Å². The zero-order valence-corrected chi connectivity index (χ0v) is 13.5. The van der Waals surface area contributed by atoms with Crippen molar-refractivity contribution in [2.45, 2.75) is 36.2 Å². The minimum atomic E-state index is -3.77. The van der Waals surface area contributed by atoms with E-state index < -0.39 is 15.4 Å². The lowest BCUT2D eigenvalue weighted by molar-refractivity contribution is -0.530. The first-order valence-corrected chi connectivity index (χ1v) is 8.28. The monoisotopic (exact) mass is 318 g/mol. The van der Waals surface area contributed by atoms with E-state index >= 15 is 0 Å². The molecular formula is C16H18N2O3S. The highest BCUT2D eigenvalue weighted by Gasteiger charge is 2.24. The van der Waals surface area contributed by atoms with E-state index in [9.17, 15) is 13.6 Å². The summed E-state index contributed by atoms with van der Waals surface area (Å²) >= 11 is 0. The minimum absolute atomic E-state index is 0.0379. The summed E-state index contributed by atoms with van der Waals surface area (Å²) in [7, 11) is -3.77. The normalized spacial score (nSPS) is 13.1. The Balaban J connectivity index is 2.60. The van der Waals surface area contributed by atoms with Gasteiger partial charge in [-0.3, -0.25) is 0 Å². The molecule has 2 aromatic rings. The fourth-order valence-electron chi connectivity index (χ4n) is 1.77. The molecule has 0 aliphatic carbocycles. The lowest BCUT2D eigenvalue weighted by atomic mass is 10.1. The van der Waals surface area contributed by atoms with Crippen molar-refractivity contribution >= 4 is 16.1 Å². The Kier molecular flexibility index (Phi) is 4.32. The van der Waals surface area contributed by atoms with Crippen LogP contribution in [0.15, 0.2) is 58.6 Å². The van der Waals surface area contributed by atoms with Gasteiger partial charge in [0.15, 0.2) is 16.8 Å². The second-order valence-electron chi connectivity index (χ2n) is 5.83. The van der Waals surface area contributed by atoms with E-state index in [1.165, 1.54) is 24.5 Å². The Morgan fingerprint density at radius 3 is 2.32 bits per heavy atom. The van der Waals surface area contributed by atoms with Gasteiger partial charge in [0.2, 0.25) is 9.84 Å². The summed E-state index contributed by atoms with van der Waals surface area (Å²) in [5.74, 6) is 0. The topological polar surface area (TPSA) is 73.1 Å². The van der Waals surface area contributed by atoms with Gasteiger partial charge < -0.3 is 5.21 Å². The second kappa shape index (κ2) is 5.88. The van der Waals surface area contributed by atoms with Gasteiger partial charge >= 0.3 is 0 Å². The average molecular weight is 318 g/mol. The van der Waals surface area contributed by atoms with Crippen LogP contribution in [-0.4, -0.2) is 29.9 Å². The van der Waals surface area contributed by atoms with Crippen LogP contribution in [0, 0.1) is 5.21 Å². The summed E-state index contributed by atoms with van der Waals surface area (Å²) < 4.78 is 26.1. The molecule has 0 unspecified atom stereocenters. The summed E-state index contributed by atoms with van der Waals surface area (Å²) in [5.41, 5.74) is -0.305. The van der Waals surface area contributed by atoms with Crippen molar-refractivity contribution in [1.82, 2.24) is 4.98 Å². The fraction of sp³-hybridized carbons (Fsp3) is 0.250. The van der Waals surface area contributed by atoms with Crippen molar-refractivity contribution in [3.05, 3.63) is 59.4 Å². The van der Waals surface area contributed by atoms with Gasteiger partial charge in [-0.25, -0.2) is 18.1 Å². The Morgan fingerprint density at radius 1 is 1.09 bits per heavy atom. The van der Waals surface area contributed by atoms with Crippen LogP contribution < -0.4 is 0 Å². The number of aromatic nitrogens is 1. The number of hydrogen-bond acceptors (Lipinski definition) is 4. The van der Waals surface area contributed by atoms with Crippen molar-refractivity contribution in [1.29, 1.82) is 0 Å². The maximum Gasteiger partial charge on any atom is 0.224 e. The lowest BCUT2D eigenvalue weighted by Crippen LogP contribution is -2.29. The van der Waals surface area contributed by atoms with Crippen molar-refractivity contribution in [3.63, 3.8) is 0 Å². The van der Waals surface area contributed by atoms with E-state index in [1.54, 1.807) is 51.1 Å². The number of benzene rings is 1. The molecule has 1 aromatic heterocycles. The molecule has 1 heterocycles. The van der Waals surface area contributed by atoms with Crippen LogP contribution in [0.3, 0.4) is 0 Å². The number of hydrogen-bond donors (Lipinski definition) is 0. The van der Waals surface area contributed by atoms with Crippen molar-refractivity contribution in [3.8, 4) is 0 Å². The highest BCUT2D eigenvalue weighted by Crippen LogP contribution is 2.22. The second-order valence-corrected chi connectivity index (χ2v) is 7.70. The van der Waals surface area contributed by atoms with Crippen molar-refractivity contribution in [2.75, 3.05) is 0 Å². The van der Waals surface area contributed by atoms with Gasteiger partial charge in [0.05, 0.1) is 10.5 Å². The first kappa shape index (κ1) is 16.2. The molecule has 116 valence electrons. The summed E-state index contributed by atoms with van der Waals surface area (Å²) in [6.07, 6.45) is 2.73. The quantitative estimate of drug-likeness (QED) is 0.377. The number of rotatable bonds is 3. The van der Waals surface area contributed by atoms with Crippen LogP contribution in [0.25, 0.3) is 0 Å². The van der Waals surface area contributed by atoms with E-state index in [2.05, 4.69) is 4.98 Å². The van der Waals surface area contributed by atoms with Crippen LogP contribution >= 0.6 is 0 Å². The molecule has 0 spiro atoms. The summed E-state index contributed by atoms with van der Waals surface area (Å²) in [4.78, 5) is 3.97. The Bertz CT molecular complexity index is 792. The molecule has 0 saturated carbocycles. The zero-order valence-electron chi connectivity index (χ0n) is 12.7. The van der Waals surface area contributed by atoms with E-state index in [0.717, 1.165) is 4.74 Å². The minimum Gasteiger partial charge on any atom is -0.623 e. The molecule has 0 aliphatic heterocycles. The maximum atomic E-state index is 12.7. The van der Waals surface area contributed by atoms with Crippen molar-refractivity contribution in [2.24, 2.45) is 0 Å². The fourth-order valence-corrected chi connectivity index (χ4v) is 3.14. The molecule has 22 heavy (non-hydrogen) atoms. The van der Waals surface area contributed by atoms with Gasteiger partial charge in [-0.2, -0.15) is 0 Å². The van der Waals surface area contributed by atoms with E-state index in [-0.39, 0.29) is 9.92 Å². The molecule has 6 heteroatoms. The number of sulfone groups is 1. The molecule has 0 atom stereocenters. The SMILES string of the molecule is CC(C)(C)/[N+]([O-])=C/c1ccccc1S(=O)(=O)c1ccccn1. The first-order chi connectivity index (χ1) is 10.2. The van der Waals surface area contributed by atoms with Crippen molar-refractivity contribution < 1.29 is 13.2 Å². The van der Waals surface area contributed by atoms with Gasteiger partial charge in [0.25, 0.3) is 0 Å². The molecule has 1 aromatic carbocycles. The Morgan fingerprint density at radius 2 is 1.73 bits per heavy atom. The largest absolute Gasteiger partial charge is 0.623 e. The predicted molar refractivity (Wildman–Crippen MR) is 84.7 cm³/mol. The number of hydroxylamine groups is 1. The predicted octanol–water partition coefficient (Wildman–Crippen LogP) is 2.64. The third kappa shape index (κ3) is 3.33. The van der Waals surface area contributed by atoms with Gasteiger partial charge in [-0.05, 0) is 24.3 Å². The Labute approximate surface area is 130 Å². The molecule has 0 amide bonds. The number of nitrogens with zero attached hydrogens (tertiary/aromatic N) is 2. The molecule has 0 fully saturated rings. The molecule has 0 saturated heterocycles. The highest BCUT2D eigenvalue weighted by molar-refractivity contribution is 7.91. The van der Waals surface area contributed by atoms with Crippen LogP contribution in [0.2, 0.25) is 0 Å². The molecule has 0 N–H and O–H groups in total. The van der Waals surface area contributed by atoms with Gasteiger partial charge in [0, 0.05) is 27.0 Å². The molecule has 0 bridgehead atoms. The summed E-state index contributed by atoms with van der Waals surface area (Å²) in [5, 5.41) is 12.1. The van der Waals surface area contributed by atoms with Gasteiger partial charge in [-0.1, -0.05) is 18.2 Å². The molecular weight excluding hydrogens is 300 g/mol. The number of pyridine rings is 1. The van der Waals surface area contributed by atoms with E-state index in [4.69, 9.17) is 0 Å². The maximum absolute atomic E-state index is 12.7. The zero-order chi connectivity index (χ0) is 16.4. The summed E-state index contributed by atoms with van der Waals surface area (Å²) in [6.45, 7) is 5.27. The first-order valence-electron chi connectivity index (χ1n) is 6.79. The summed E-state index contributed by atoms with van der Waals surface area (Å²) in [6, 6.07) is 11.1. The Hall–Kier alpha value is -2.21. The highest BCUT2D eigenvalue weighted by atomic mass is 32.2. The van der Waals surface area contributed by atoms with Gasteiger partial charge in [-0.15, -0.1) is 0 Å². The molecule has 0 aliphatic rings. The average Bonchev–Trinajstić information content (AvgIpc) is 2.47. The van der Waals surface area contributed by atoms with Crippen LogP contribution in [0.5, 0.6) is 0 Å². The molecule has 2 rings (SSSR count). The third-order valence-corrected chi connectivity index (χ3v) is 4.78. The standard InChI is InChI=1S/C16H18N2O3S/c1-16(2,3)18(19)12-13-8-4-5-9-14(13)22(20,21)15-10-6-7-11-17-15/h4-12H,1-3H3/b18-12-. The van der Waals surface area contributed by atoms with E-state index in [1.807, 2.05) is 0 Å². The van der Waals surface area contributed by atoms with E-state index in [0.29, 0.717) is 5.56 Å². The van der Waals surface area contributed by atoms with Crippen LogP contribution in [-0.2, 0) is 9.84 Å².